The molecule has 0 bridgehead atoms. The molecule has 0 unspecified atom stereocenters. The summed E-state index contributed by atoms with van der Waals surface area (Å²) in [4.78, 5) is 9.90. The van der Waals surface area contributed by atoms with Crippen molar-refractivity contribution in [2.24, 2.45) is 0 Å². The smallest absolute Gasteiger partial charge is 0.258 e. The molecule has 0 heterocycles. The highest BCUT2D eigenvalue weighted by Crippen LogP contribution is 2.12. The zero-order valence-electron chi connectivity index (χ0n) is 8.28. The van der Waals surface area contributed by atoms with Crippen molar-refractivity contribution in [3.05, 3.63) is 39.9 Å². The van der Waals surface area contributed by atoms with Crippen LogP contribution in [0.1, 0.15) is 26.3 Å². The molecule has 1 aromatic rings. The van der Waals surface area contributed by atoms with E-state index in [9.17, 15) is 10.1 Å². The predicted octanol–water partition coefficient (Wildman–Crippen LogP) is 3.18. The van der Waals surface area contributed by atoms with E-state index in [4.69, 9.17) is 0 Å². The summed E-state index contributed by atoms with van der Waals surface area (Å²) in [5, 5.41) is 10.3. The Labute approximate surface area is 78.5 Å². The second-order valence-corrected chi connectivity index (χ2v) is 2.28. The van der Waals surface area contributed by atoms with Gasteiger partial charge < -0.3 is 0 Å². The molecule has 0 fully saturated rings. The van der Waals surface area contributed by atoms with E-state index in [-0.39, 0.29) is 10.6 Å². The van der Waals surface area contributed by atoms with Gasteiger partial charge in [-0.25, -0.2) is 0 Å². The van der Waals surface area contributed by atoms with Crippen molar-refractivity contribution in [2.45, 2.75) is 27.2 Å². The molecule has 0 aromatic heterocycles. The predicted molar refractivity (Wildman–Crippen MR) is 53.8 cm³/mol. The van der Waals surface area contributed by atoms with Crippen LogP contribution in [-0.4, -0.2) is 4.92 Å². The van der Waals surface area contributed by atoms with Gasteiger partial charge in [0.15, 0.2) is 0 Å². The number of benzene rings is 1. The van der Waals surface area contributed by atoms with Crippen LogP contribution in [0.5, 0.6) is 0 Å². The number of aryl methyl sites for hydroxylation is 1. The van der Waals surface area contributed by atoms with Crippen LogP contribution < -0.4 is 0 Å². The number of nitro groups is 1. The van der Waals surface area contributed by atoms with Crippen molar-refractivity contribution in [3.8, 4) is 0 Å². The van der Waals surface area contributed by atoms with Gasteiger partial charge in [-0.05, 0) is 12.0 Å². The standard InChI is InChI=1S/C8H9NO2.C2H6/c1-2-7-4-3-5-8(6-7)9(10)11;1-2/h3-6H,2H2,1H3;1-2H3. The first-order valence-corrected chi connectivity index (χ1v) is 4.47. The lowest BCUT2D eigenvalue weighted by Crippen LogP contribution is -1.88. The zero-order valence-corrected chi connectivity index (χ0v) is 8.28. The molecular formula is C10H15NO2. The zero-order chi connectivity index (χ0) is 10.3. The molecule has 1 aromatic carbocycles. The molecule has 13 heavy (non-hydrogen) atoms. The Kier molecular flexibility index (Phi) is 5.52. The fraction of sp³-hybridized carbons (Fsp3) is 0.400. The van der Waals surface area contributed by atoms with Crippen molar-refractivity contribution in [3.63, 3.8) is 0 Å². The summed E-state index contributed by atoms with van der Waals surface area (Å²) < 4.78 is 0. The van der Waals surface area contributed by atoms with Crippen molar-refractivity contribution in [1.82, 2.24) is 0 Å². The first-order valence-electron chi connectivity index (χ1n) is 4.47. The quantitative estimate of drug-likeness (QED) is 0.519. The number of rotatable bonds is 2. The van der Waals surface area contributed by atoms with Crippen LogP contribution in [0.3, 0.4) is 0 Å². The average molecular weight is 181 g/mol. The Morgan fingerprint density at radius 3 is 2.46 bits per heavy atom. The van der Waals surface area contributed by atoms with Crippen molar-refractivity contribution >= 4 is 5.69 Å². The van der Waals surface area contributed by atoms with Gasteiger partial charge in [-0.2, -0.15) is 0 Å². The maximum absolute atomic E-state index is 10.3. The average Bonchev–Trinajstić information content (AvgIpc) is 2.21. The lowest BCUT2D eigenvalue weighted by molar-refractivity contribution is -0.384. The Bertz CT molecular complexity index is 271. The highest BCUT2D eigenvalue weighted by atomic mass is 16.6. The van der Waals surface area contributed by atoms with Gasteiger partial charge in [-0.1, -0.05) is 32.9 Å². The largest absolute Gasteiger partial charge is 0.269 e. The monoisotopic (exact) mass is 181 g/mol. The third-order valence-electron chi connectivity index (χ3n) is 1.53. The summed E-state index contributed by atoms with van der Waals surface area (Å²) >= 11 is 0. The molecule has 0 aliphatic heterocycles. The van der Waals surface area contributed by atoms with Crippen LogP contribution in [0, 0.1) is 10.1 Å². The third kappa shape index (κ3) is 3.69. The maximum atomic E-state index is 10.3. The van der Waals surface area contributed by atoms with E-state index >= 15 is 0 Å². The van der Waals surface area contributed by atoms with Crippen LogP contribution in [0.25, 0.3) is 0 Å². The second-order valence-electron chi connectivity index (χ2n) is 2.28. The highest BCUT2D eigenvalue weighted by Gasteiger charge is 2.03. The third-order valence-corrected chi connectivity index (χ3v) is 1.53. The van der Waals surface area contributed by atoms with E-state index in [2.05, 4.69) is 0 Å². The van der Waals surface area contributed by atoms with Gasteiger partial charge in [0.1, 0.15) is 0 Å². The number of hydrogen-bond donors (Lipinski definition) is 0. The summed E-state index contributed by atoms with van der Waals surface area (Å²) in [7, 11) is 0. The second kappa shape index (κ2) is 6.17. The van der Waals surface area contributed by atoms with Crippen LogP contribution in [0.4, 0.5) is 5.69 Å². The van der Waals surface area contributed by atoms with E-state index in [0.29, 0.717) is 0 Å². The fourth-order valence-corrected chi connectivity index (χ4v) is 0.890. The molecule has 0 saturated heterocycles. The first kappa shape index (κ1) is 11.6. The summed E-state index contributed by atoms with van der Waals surface area (Å²) in [6.45, 7) is 5.97. The van der Waals surface area contributed by atoms with E-state index in [0.717, 1.165) is 12.0 Å². The van der Waals surface area contributed by atoms with Gasteiger partial charge in [-0.3, -0.25) is 10.1 Å². The molecule has 0 N–H and O–H groups in total. The van der Waals surface area contributed by atoms with Crippen molar-refractivity contribution in [2.75, 3.05) is 0 Å². The Hall–Kier alpha value is -1.38. The topological polar surface area (TPSA) is 43.1 Å². The molecule has 1 rings (SSSR count). The molecule has 72 valence electrons. The molecule has 0 aliphatic carbocycles. The van der Waals surface area contributed by atoms with E-state index in [1.165, 1.54) is 6.07 Å². The van der Waals surface area contributed by atoms with E-state index in [1.54, 1.807) is 12.1 Å². The minimum Gasteiger partial charge on any atom is -0.258 e. The number of nitrogens with zero attached hydrogens (tertiary/aromatic N) is 1. The van der Waals surface area contributed by atoms with E-state index in [1.807, 2.05) is 26.8 Å². The van der Waals surface area contributed by atoms with Crippen LogP contribution in [0.15, 0.2) is 24.3 Å². The SMILES string of the molecule is CC.CCc1cccc([N+](=O)[O-])c1. The molecule has 0 amide bonds. The summed E-state index contributed by atoms with van der Waals surface area (Å²) in [5.74, 6) is 0. The molecular weight excluding hydrogens is 166 g/mol. The summed E-state index contributed by atoms with van der Waals surface area (Å²) in [6, 6.07) is 6.68. The van der Waals surface area contributed by atoms with Gasteiger partial charge in [0.25, 0.3) is 5.69 Å². The minimum absolute atomic E-state index is 0.171. The van der Waals surface area contributed by atoms with Crippen molar-refractivity contribution < 1.29 is 4.92 Å². The van der Waals surface area contributed by atoms with Crippen molar-refractivity contribution in [1.29, 1.82) is 0 Å². The van der Waals surface area contributed by atoms with Crippen LogP contribution in [-0.2, 0) is 6.42 Å². The van der Waals surface area contributed by atoms with Gasteiger partial charge in [0.2, 0.25) is 0 Å². The molecule has 0 atom stereocenters. The lowest BCUT2D eigenvalue weighted by Gasteiger charge is -1.94. The van der Waals surface area contributed by atoms with Gasteiger partial charge in [0, 0.05) is 12.1 Å². The van der Waals surface area contributed by atoms with Gasteiger partial charge >= 0.3 is 0 Å². The molecule has 3 heteroatoms. The summed E-state index contributed by atoms with van der Waals surface area (Å²) in [5.41, 5.74) is 1.17. The van der Waals surface area contributed by atoms with Crippen LogP contribution >= 0.6 is 0 Å². The number of non-ortho nitro benzene ring substituents is 1. The number of nitro benzene ring substituents is 1. The molecule has 0 radical (unpaired) electrons. The Balaban J connectivity index is 0.000000671. The fourth-order valence-electron chi connectivity index (χ4n) is 0.890. The molecule has 0 saturated carbocycles. The Morgan fingerprint density at radius 1 is 1.38 bits per heavy atom. The van der Waals surface area contributed by atoms with E-state index < -0.39 is 0 Å². The van der Waals surface area contributed by atoms with Crippen LogP contribution in [0.2, 0.25) is 0 Å². The Morgan fingerprint density at radius 2 is 2.00 bits per heavy atom. The lowest BCUT2D eigenvalue weighted by atomic mass is 10.1. The van der Waals surface area contributed by atoms with Gasteiger partial charge in [0.05, 0.1) is 4.92 Å². The molecule has 0 spiro atoms. The molecule has 0 aliphatic rings. The highest BCUT2D eigenvalue weighted by molar-refractivity contribution is 5.34. The minimum atomic E-state index is -0.376. The number of hydrogen-bond acceptors (Lipinski definition) is 2. The maximum Gasteiger partial charge on any atom is 0.269 e. The normalized spacial score (nSPS) is 8.54. The first-order chi connectivity index (χ1) is 6.24. The summed E-state index contributed by atoms with van der Waals surface area (Å²) in [6.07, 6.45) is 0.835. The molecule has 3 nitrogen and oxygen atoms in total. The van der Waals surface area contributed by atoms with Gasteiger partial charge in [-0.15, -0.1) is 0 Å².